The molecule has 1 aromatic rings. The first-order valence-corrected chi connectivity index (χ1v) is 9.30. The molecule has 3 unspecified atom stereocenters. The summed E-state index contributed by atoms with van der Waals surface area (Å²) >= 11 is 0. The van der Waals surface area contributed by atoms with Crippen molar-refractivity contribution in [2.75, 3.05) is 7.11 Å². The van der Waals surface area contributed by atoms with Crippen LogP contribution in [0, 0.1) is 17.3 Å². The zero-order valence-electron chi connectivity index (χ0n) is 15.4. The van der Waals surface area contributed by atoms with E-state index in [0.717, 1.165) is 36.3 Å². The molecule has 1 saturated carbocycles. The molecular weight excluding hydrogens is 300 g/mol. The van der Waals surface area contributed by atoms with Gasteiger partial charge in [0.15, 0.2) is 11.5 Å². The van der Waals surface area contributed by atoms with E-state index in [1.165, 1.54) is 17.5 Å². The first-order chi connectivity index (χ1) is 11.3. The molecule has 4 rings (SSSR count). The van der Waals surface area contributed by atoms with Crippen molar-refractivity contribution in [1.29, 1.82) is 0 Å². The molecule has 130 valence electrons. The fraction of sp³-hybridized carbons (Fsp3) is 0.667. The number of hydrogen-bond acceptors (Lipinski definition) is 3. The predicted octanol–water partition coefficient (Wildman–Crippen LogP) is 4.82. The number of methoxy groups -OCH3 is 1. The van der Waals surface area contributed by atoms with E-state index in [1.54, 1.807) is 7.11 Å². The van der Waals surface area contributed by atoms with Crippen molar-refractivity contribution in [3.63, 3.8) is 0 Å². The van der Waals surface area contributed by atoms with Gasteiger partial charge in [-0.25, -0.2) is 0 Å². The van der Waals surface area contributed by atoms with Gasteiger partial charge in [-0.05, 0) is 48.5 Å². The second-order valence-electron chi connectivity index (χ2n) is 8.78. The van der Waals surface area contributed by atoms with Crippen LogP contribution < -0.4 is 9.47 Å². The van der Waals surface area contributed by atoms with Crippen LogP contribution in [0.2, 0.25) is 0 Å². The quantitative estimate of drug-likeness (QED) is 0.577. The lowest BCUT2D eigenvalue weighted by Gasteiger charge is -2.52. The van der Waals surface area contributed by atoms with E-state index in [4.69, 9.17) is 9.47 Å². The lowest BCUT2D eigenvalue weighted by molar-refractivity contribution is -0.145. The van der Waals surface area contributed by atoms with Gasteiger partial charge in [-0.15, -0.1) is 0 Å². The van der Waals surface area contributed by atoms with Crippen molar-refractivity contribution in [2.45, 2.75) is 65.2 Å². The van der Waals surface area contributed by atoms with Crippen molar-refractivity contribution >= 4 is 5.97 Å². The lowest BCUT2D eigenvalue weighted by atomic mass is 9.53. The van der Waals surface area contributed by atoms with Gasteiger partial charge in [0.05, 0.1) is 13.0 Å². The summed E-state index contributed by atoms with van der Waals surface area (Å²) in [4.78, 5) is 12.8. The number of aryl methyl sites for hydroxylation is 1. The standard InChI is InChI=1S/C21H28O3/c1-11(2)14-10-12-6-7-15-17-13(8-9-21(15,3)4)20(22)24-19(16(12)17)18(14)23-5/h10-11,13,15,17H,6-9H2,1-5H3. The van der Waals surface area contributed by atoms with Crippen molar-refractivity contribution in [2.24, 2.45) is 17.3 Å². The van der Waals surface area contributed by atoms with Crippen LogP contribution in [-0.4, -0.2) is 13.1 Å². The van der Waals surface area contributed by atoms with Gasteiger partial charge >= 0.3 is 5.97 Å². The monoisotopic (exact) mass is 328 g/mol. The summed E-state index contributed by atoms with van der Waals surface area (Å²) in [6.07, 6.45) is 4.32. The number of ether oxygens (including phenoxy) is 2. The molecule has 3 heteroatoms. The zero-order chi connectivity index (χ0) is 17.2. The van der Waals surface area contributed by atoms with Gasteiger partial charge in [0.25, 0.3) is 0 Å². The molecule has 0 radical (unpaired) electrons. The average molecular weight is 328 g/mol. The summed E-state index contributed by atoms with van der Waals surface area (Å²) < 4.78 is 11.6. The number of carbonyl (C=O) groups is 1. The Labute approximate surface area is 144 Å². The minimum atomic E-state index is -0.0416. The number of rotatable bonds is 2. The Morgan fingerprint density at radius 1 is 1.29 bits per heavy atom. The molecule has 1 heterocycles. The van der Waals surface area contributed by atoms with Gasteiger partial charge in [-0.1, -0.05) is 33.8 Å². The van der Waals surface area contributed by atoms with E-state index in [9.17, 15) is 4.79 Å². The van der Waals surface area contributed by atoms with Gasteiger partial charge in [-0.2, -0.15) is 0 Å². The maximum Gasteiger partial charge on any atom is 0.315 e. The SMILES string of the molecule is COc1c(C(C)C)cc2c3c1OC(=O)C1CCC(C)(C)C(CC2)C31. The molecule has 0 aromatic heterocycles. The lowest BCUT2D eigenvalue weighted by Crippen LogP contribution is -2.47. The number of carbonyl (C=O) groups excluding carboxylic acids is 1. The van der Waals surface area contributed by atoms with Crippen molar-refractivity contribution < 1.29 is 14.3 Å². The Balaban J connectivity index is 1.96. The van der Waals surface area contributed by atoms with Crippen LogP contribution in [0.1, 0.15) is 75.5 Å². The molecule has 3 aliphatic rings. The molecule has 0 saturated heterocycles. The minimum Gasteiger partial charge on any atom is -0.493 e. The Morgan fingerprint density at radius 3 is 2.71 bits per heavy atom. The topological polar surface area (TPSA) is 35.5 Å². The molecule has 0 bridgehead atoms. The molecule has 0 N–H and O–H groups in total. The third kappa shape index (κ3) is 2.06. The van der Waals surface area contributed by atoms with Crippen molar-refractivity contribution in [3.8, 4) is 11.5 Å². The van der Waals surface area contributed by atoms with Crippen LogP contribution in [0.15, 0.2) is 6.07 Å². The summed E-state index contributed by atoms with van der Waals surface area (Å²) in [5.74, 6) is 2.71. The molecule has 1 aliphatic heterocycles. The highest BCUT2D eigenvalue weighted by atomic mass is 16.6. The first kappa shape index (κ1) is 16.0. The average Bonchev–Trinajstić information content (AvgIpc) is 2.53. The highest BCUT2D eigenvalue weighted by Crippen LogP contribution is 2.61. The van der Waals surface area contributed by atoms with E-state index in [0.29, 0.717) is 17.8 Å². The van der Waals surface area contributed by atoms with Crippen LogP contribution in [0.25, 0.3) is 0 Å². The molecule has 1 aromatic carbocycles. The van der Waals surface area contributed by atoms with E-state index >= 15 is 0 Å². The Hall–Kier alpha value is -1.51. The number of esters is 1. The summed E-state index contributed by atoms with van der Waals surface area (Å²) in [5, 5.41) is 0. The fourth-order valence-corrected chi connectivity index (χ4v) is 5.43. The summed E-state index contributed by atoms with van der Waals surface area (Å²) in [7, 11) is 1.69. The highest BCUT2D eigenvalue weighted by Gasteiger charge is 2.53. The zero-order valence-corrected chi connectivity index (χ0v) is 15.4. The van der Waals surface area contributed by atoms with Gasteiger partial charge in [0.2, 0.25) is 0 Å². The molecule has 3 nitrogen and oxygen atoms in total. The maximum absolute atomic E-state index is 12.8. The van der Waals surface area contributed by atoms with E-state index in [1.807, 2.05) is 0 Å². The second-order valence-corrected chi connectivity index (χ2v) is 8.78. The Kier molecular flexibility index (Phi) is 3.49. The van der Waals surface area contributed by atoms with Gasteiger partial charge < -0.3 is 9.47 Å². The maximum atomic E-state index is 12.8. The summed E-state index contributed by atoms with van der Waals surface area (Å²) in [6, 6.07) is 2.32. The van der Waals surface area contributed by atoms with Crippen molar-refractivity contribution in [3.05, 3.63) is 22.8 Å². The number of benzene rings is 1. The molecule has 24 heavy (non-hydrogen) atoms. The normalized spacial score (nSPS) is 29.9. The second kappa shape index (κ2) is 5.24. The largest absolute Gasteiger partial charge is 0.493 e. The summed E-state index contributed by atoms with van der Waals surface area (Å²) in [6.45, 7) is 9.08. The van der Waals surface area contributed by atoms with Crippen molar-refractivity contribution in [1.82, 2.24) is 0 Å². The van der Waals surface area contributed by atoms with Gasteiger partial charge in [0.1, 0.15) is 0 Å². The Morgan fingerprint density at radius 2 is 2.04 bits per heavy atom. The predicted molar refractivity (Wildman–Crippen MR) is 93.8 cm³/mol. The summed E-state index contributed by atoms with van der Waals surface area (Å²) in [5.41, 5.74) is 4.11. The number of hydrogen-bond donors (Lipinski definition) is 0. The molecule has 3 atom stereocenters. The van der Waals surface area contributed by atoms with E-state index in [2.05, 4.69) is 33.8 Å². The molecular formula is C21H28O3. The van der Waals surface area contributed by atoms with Crippen LogP contribution >= 0.6 is 0 Å². The molecule has 0 spiro atoms. The van der Waals surface area contributed by atoms with Crippen LogP contribution in [0.3, 0.4) is 0 Å². The first-order valence-electron chi connectivity index (χ1n) is 9.30. The van der Waals surface area contributed by atoms with Crippen LogP contribution in [0.4, 0.5) is 0 Å². The van der Waals surface area contributed by atoms with Crippen LogP contribution in [0.5, 0.6) is 11.5 Å². The minimum absolute atomic E-state index is 0.0316. The van der Waals surface area contributed by atoms with Gasteiger partial charge in [-0.3, -0.25) is 4.79 Å². The molecule has 2 aliphatic carbocycles. The van der Waals surface area contributed by atoms with E-state index < -0.39 is 0 Å². The molecule has 1 fully saturated rings. The third-order valence-electron chi connectivity index (χ3n) is 6.75. The third-order valence-corrected chi connectivity index (χ3v) is 6.75. The Bertz CT molecular complexity index is 702. The highest BCUT2D eigenvalue weighted by molar-refractivity contribution is 5.82. The van der Waals surface area contributed by atoms with Gasteiger partial charge in [0, 0.05) is 17.0 Å². The van der Waals surface area contributed by atoms with Crippen LogP contribution in [-0.2, 0) is 11.2 Å². The smallest absolute Gasteiger partial charge is 0.315 e. The van der Waals surface area contributed by atoms with E-state index in [-0.39, 0.29) is 17.3 Å². The molecule has 0 amide bonds. The fourth-order valence-electron chi connectivity index (χ4n) is 5.43.